The number of nitrogens with zero attached hydrogens (tertiary/aromatic N) is 2. The van der Waals surface area contributed by atoms with Crippen LogP contribution < -0.4 is 10.1 Å². The molecule has 8 heteroatoms. The van der Waals surface area contributed by atoms with E-state index in [1.807, 2.05) is 6.07 Å². The lowest BCUT2D eigenvalue weighted by Gasteiger charge is -2.16. The van der Waals surface area contributed by atoms with Gasteiger partial charge >= 0.3 is 0 Å². The van der Waals surface area contributed by atoms with E-state index in [4.69, 9.17) is 32.6 Å². The average molecular weight is 488 g/mol. The summed E-state index contributed by atoms with van der Waals surface area (Å²) in [5, 5.41) is 11.2. The van der Waals surface area contributed by atoms with Gasteiger partial charge in [-0.1, -0.05) is 61.5 Å². The Hall–Kier alpha value is -2.57. The summed E-state index contributed by atoms with van der Waals surface area (Å²) in [6.45, 7) is 2.68. The lowest BCUT2D eigenvalue weighted by atomic mass is 9.90. The molecule has 2 aromatic carbocycles. The summed E-state index contributed by atoms with van der Waals surface area (Å²) in [6, 6.07) is 9.28. The molecule has 1 aliphatic carbocycles. The number of hydrogen-bond donors (Lipinski definition) is 1. The SMILES string of the molecule is CCCCCCOc1c(Cl)cc(C(=O)Nc2nonc2-c2ccc3c(c2)CCCC3)cc1Cl. The highest BCUT2D eigenvalue weighted by atomic mass is 35.5. The molecule has 0 unspecified atom stereocenters. The normalized spacial score (nSPS) is 12.9. The van der Waals surface area contributed by atoms with Crippen molar-refractivity contribution in [2.75, 3.05) is 11.9 Å². The first-order valence-electron chi connectivity index (χ1n) is 11.4. The fourth-order valence-corrected chi connectivity index (χ4v) is 4.65. The van der Waals surface area contributed by atoms with E-state index in [1.165, 1.54) is 36.1 Å². The molecule has 1 amide bonds. The van der Waals surface area contributed by atoms with Gasteiger partial charge in [-0.25, -0.2) is 4.63 Å². The van der Waals surface area contributed by atoms with Crippen LogP contribution in [0, 0.1) is 0 Å². The van der Waals surface area contributed by atoms with Crippen LogP contribution in [0.5, 0.6) is 5.75 Å². The van der Waals surface area contributed by atoms with Gasteiger partial charge in [-0.2, -0.15) is 0 Å². The van der Waals surface area contributed by atoms with Crippen molar-refractivity contribution < 1.29 is 14.2 Å². The molecule has 174 valence electrons. The Balaban J connectivity index is 1.47. The number of carbonyl (C=O) groups excluding carboxylic acids is 1. The molecule has 4 rings (SSSR count). The van der Waals surface area contributed by atoms with Crippen LogP contribution in [0.4, 0.5) is 5.82 Å². The third-order valence-electron chi connectivity index (χ3n) is 5.85. The van der Waals surface area contributed by atoms with Crippen LogP contribution in [0.2, 0.25) is 10.0 Å². The third-order valence-corrected chi connectivity index (χ3v) is 6.41. The Morgan fingerprint density at radius 2 is 1.79 bits per heavy atom. The van der Waals surface area contributed by atoms with Gasteiger partial charge in [0.15, 0.2) is 11.4 Å². The monoisotopic (exact) mass is 487 g/mol. The standard InChI is InChI=1S/C25H27Cl2N3O3/c1-2-3-4-7-12-32-23-20(26)14-19(15-21(23)27)25(31)28-24-22(29-33-30-24)18-11-10-16-8-5-6-9-17(16)13-18/h10-11,13-15H,2-9,12H2,1H3,(H,28,30,31). The molecule has 0 aliphatic heterocycles. The second-order valence-electron chi connectivity index (χ2n) is 8.28. The summed E-state index contributed by atoms with van der Waals surface area (Å²) in [5.41, 5.74) is 4.31. The van der Waals surface area contributed by atoms with Gasteiger partial charge in [-0.15, -0.1) is 0 Å². The molecule has 1 aromatic heterocycles. The molecule has 0 fully saturated rings. The number of carbonyl (C=O) groups is 1. The molecule has 6 nitrogen and oxygen atoms in total. The van der Waals surface area contributed by atoms with Crippen molar-refractivity contribution in [2.24, 2.45) is 0 Å². The highest BCUT2D eigenvalue weighted by Gasteiger charge is 2.20. The predicted octanol–water partition coefficient (Wildman–Crippen LogP) is 7.13. The Morgan fingerprint density at radius 1 is 1.03 bits per heavy atom. The van der Waals surface area contributed by atoms with Crippen molar-refractivity contribution >= 4 is 34.9 Å². The maximum atomic E-state index is 12.9. The highest BCUT2D eigenvalue weighted by Crippen LogP contribution is 2.35. The van der Waals surface area contributed by atoms with E-state index in [0.29, 0.717) is 23.6 Å². The van der Waals surface area contributed by atoms with Crippen LogP contribution in [0.1, 0.15) is 66.9 Å². The van der Waals surface area contributed by atoms with Gasteiger partial charge in [0.05, 0.1) is 16.7 Å². The number of ether oxygens (including phenoxy) is 1. The van der Waals surface area contributed by atoms with Gasteiger partial charge in [-0.05, 0) is 71.7 Å². The molecule has 0 spiro atoms. The molecule has 0 saturated carbocycles. The molecular weight excluding hydrogens is 461 g/mol. The van der Waals surface area contributed by atoms with Crippen molar-refractivity contribution in [3.05, 3.63) is 57.1 Å². The van der Waals surface area contributed by atoms with E-state index in [9.17, 15) is 4.79 Å². The largest absolute Gasteiger partial charge is 0.490 e. The average Bonchev–Trinajstić information content (AvgIpc) is 3.28. The molecule has 0 saturated heterocycles. The second kappa shape index (κ2) is 11.0. The molecule has 3 aromatic rings. The minimum atomic E-state index is -0.414. The molecule has 1 heterocycles. The van der Waals surface area contributed by atoms with Gasteiger partial charge in [0, 0.05) is 11.1 Å². The number of hydrogen-bond acceptors (Lipinski definition) is 5. The quantitative estimate of drug-likeness (QED) is 0.324. The van der Waals surface area contributed by atoms with Gasteiger partial charge in [0.25, 0.3) is 5.91 Å². The number of amides is 1. The number of halogens is 2. The first-order chi connectivity index (χ1) is 16.1. The zero-order chi connectivity index (χ0) is 23.2. The van der Waals surface area contributed by atoms with Crippen LogP contribution in [-0.2, 0) is 12.8 Å². The lowest BCUT2D eigenvalue weighted by Crippen LogP contribution is -2.13. The number of fused-ring (bicyclic) bond motifs is 1. The molecule has 33 heavy (non-hydrogen) atoms. The predicted molar refractivity (Wildman–Crippen MR) is 130 cm³/mol. The second-order valence-corrected chi connectivity index (χ2v) is 9.10. The number of unbranched alkanes of at least 4 members (excludes halogenated alkanes) is 3. The van der Waals surface area contributed by atoms with Crippen molar-refractivity contribution in [1.82, 2.24) is 10.3 Å². The van der Waals surface area contributed by atoms with E-state index in [2.05, 4.69) is 34.7 Å². The minimum Gasteiger partial charge on any atom is -0.490 e. The maximum absolute atomic E-state index is 12.9. The van der Waals surface area contributed by atoms with Crippen molar-refractivity contribution in [2.45, 2.75) is 58.3 Å². The van der Waals surface area contributed by atoms with Gasteiger partial charge in [0.1, 0.15) is 0 Å². The lowest BCUT2D eigenvalue weighted by molar-refractivity contribution is 0.102. The summed E-state index contributed by atoms with van der Waals surface area (Å²) >= 11 is 12.7. The minimum absolute atomic E-state index is 0.249. The topological polar surface area (TPSA) is 77.2 Å². The number of benzene rings is 2. The Bertz CT molecular complexity index is 1110. The third kappa shape index (κ3) is 5.68. The number of nitrogens with one attached hydrogen (secondary N) is 1. The molecule has 1 aliphatic rings. The Kier molecular flexibility index (Phi) is 7.89. The summed E-state index contributed by atoms with van der Waals surface area (Å²) < 4.78 is 10.7. The zero-order valence-corrected chi connectivity index (χ0v) is 20.1. The van der Waals surface area contributed by atoms with Gasteiger partial charge in [0.2, 0.25) is 5.82 Å². The van der Waals surface area contributed by atoms with Crippen LogP contribution in [0.25, 0.3) is 11.3 Å². The van der Waals surface area contributed by atoms with Gasteiger partial charge < -0.3 is 10.1 Å². The first-order valence-corrected chi connectivity index (χ1v) is 12.2. The smallest absolute Gasteiger partial charge is 0.257 e. The summed E-state index contributed by atoms with van der Waals surface area (Å²) in [5.74, 6) is 0.228. The molecule has 1 N–H and O–H groups in total. The highest BCUT2D eigenvalue weighted by molar-refractivity contribution is 6.37. The van der Waals surface area contributed by atoms with Crippen molar-refractivity contribution in [3.8, 4) is 17.0 Å². The number of anilines is 1. The zero-order valence-electron chi connectivity index (χ0n) is 18.6. The van der Waals surface area contributed by atoms with Gasteiger partial charge in [-0.3, -0.25) is 4.79 Å². The Labute approximate surface area is 203 Å². The van der Waals surface area contributed by atoms with E-state index in [-0.39, 0.29) is 15.9 Å². The first kappa shape index (κ1) is 23.6. The van der Waals surface area contributed by atoms with E-state index in [0.717, 1.165) is 44.1 Å². The fraction of sp³-hybridized carbons (Fsp3) is 0.400. The van der Waals surface area contributed by atoms with Crippen LogP contribution in [0.15, 0.2) is 35.0 Å². The van der Waals surface area contributed by atoms with Crippen molar-refractivity contribution in [3.63, 3.8) is 0 Å². The van der Waals surface area contributed by atoms with E-state index < -0.39 is 5.91 Å². The van der Waals surface area contributed by atoms with Crippen LogP contribution in [0.3, 0.4) is 0 Å². The van der Waals surface area contributed by atoms with Crippen LogP contribution in [-0.4, -0.2) is 22.8 Å². The van der Waals surface area contributed by atoms with Crippen LogP contribution >= 0.6 is 23.2 Å². The fourth-order valence-electron chi connectivity index (χ4n) is 4.05. The van der Waals surface area contributed by atoms with E-state index >= 15 is 0 Å². The maximum Gasteiger partial charge on any atom is 0.257 e. The molecular formula is C25H27Cl2N3O3. The van der Waals surface area contributed by atoms with E-state index in [1.54, 1.807) is 0 Å². The Morgan fingerprint density at radius 3 is 2.55 bits per heavy atom. The number of rotatable bonds is 9. The molecule has 0 bridgehead atoms. The molecule has 0 radical (unpaired) electrons. The summed E-state index contributed by atoms with van der Waals surface area (Å²) in [4.78, 5) is 12.9. The summed E-state index contributed by atoms with van der Waals surface area (Å²) in [6.07, 6.45) is 8.85. The molecule has 0 atom stereocenters. The van der Waals surface area contributed by atoms with Crippen molar-refractivity contribution in [1.29, 1.82) is 0 Å². The summed E-state index contributed by atoms with van der Waals surface area (Å²) in [7, 11) is 0. The number of aromatic nitrogens is 2. The number of aryl methyl sites for hydroxylation is 2.